The summed E-state index contributed by atoms with van der Waals surface area (Å²) in [5.41, 5.74) is 10.9. The summed E-state index contributed by atoms with van der Waals surface area (Å²) in [6.45, 7) is 6.89. The second kappa shape index (κ2) is 13.5. The van der Waals surface area contributed by atoms with Gasteiger partial charge in [0.25, 0.3) is 0 Å². The van der Waals surface area contributed by atoms with Crippen molar-refractivity contribution in [3.63, 3.8) is 0 Å². The average molecular weight is 430 g/mol. The lowest BCUT2D eigenvalue weighted by molar-refractivity contribution is -0.142. The molecular formula is C19H35N5O6. The summed E-state index contributed by atoms with van der Waals surface area (Å²) in [6.07, 6.45) is 0.588. The maximum absolute atomic E-state index is 12.5. The molecule has 0 spiro atoms. The topological polar surface area (TPSA) is 194 Å². The van der Waals surface area contributed by atoms with Crippen LogP contribution in [0, 0.1) is 11.8 Å². The molecule has 11 heteroatoms. The molecule has 0 aliphatic heterocycles. The molecule has 4 unspecified atom stereocenters. The fraction of sp³-hybridized carbons (Fsp3) is 0.737. The molecule has 0 aromatic carbocycles. The van der Waals surface area contributed by atoms with Crippen molar-refractivity contribution in [3.8, 4) is 0 Å². The number of carboxylic acids is 1. The molecule has 30 heavy (non-hydrogen) atoms. The van der Waals surface area contributed by atoms with Gasteiger partial charge in [-0.05, 0) is 24.7 Å². The van der Waals surface area contributed by atoms with Crippen LogP contribution in [0.15, 0.2) is 0 Å². The van der Waals surface area contributed by atoms with Crippen LogP contribution >= 0.6 is 0 Å². The van der Waals surface area contributed by atoms with Crippen LogP contribution in [0.5, 0.6) is 0 Å². The van der Waals surface area contributed by atoms with Gasteiger partial charge in [-0.3, -0.25) is 19.2 Å². The number of primary amides is 1. The molecule has 8 N–H and O–H groups in total. The first-order valence-electron chi connectivity index (χ1n) is 10.0. The smallest absolute Gasteiger partial charge is 0.326 e. The molecule has 0 saturated heterocycles. The summed E-state index contributed by atoms with van der Waals surface area (Å²) >= 11 is 0. The summed E-state index contributed by atoms with van der Waals surface area (Å²) in [6, 6.07) is -3.10. The van der Waals surface area contributed by atoms with E-state index < -0.39 is 54.3 Å². The van der Waals surface area contributed by atoms with E-state index in [-0.39, 0.29) is 31.1 Å². The zero-order valence-electron chi connectivity index (χ0n) is 18.1. The lowest BCUT2D eigenvalue weighted by atomic mass is 9.99. The maximum Gasteiger partial charge on any atom is 0.326 e. The molecule has 0 aromatic rings. The minimum atomic E-state index is -1.21. The van der Waals surface area contributed by atoms with E-state index in [2.05, 4.69) is 16.0 Å². The molecule has 4 amide bonds. The van der Waals surface area contributed by atoms with Gasteiger partial charge in [-0.15, -0.1) is 0 Å². The third-order valence-corrected chi connectivity index (χ3v) is 4.64. The Balaban J connectivity index is 5.00. The molecule has 172 valence electrons. The lowest BCUT2D eigenvalue weighted by Gasteiger charge is -2.22. The number of hydrogen-bond acceptors (Lipinski definition) is 6. The van der Waals surface area contributed by atoms with E-state index in [0.717, 1.165) is 0 Å². The fourth-order valence-electron chi connectivity index (χ4n) is 2.56. The van der Waals surface area contributed by atoms with Crippen LogP contribution in [0.2, 0.25) is 0 Å². The number of aliphatic carboxylic acids is 1. The molecule has 0 aliphatic rings. The van der Waals surface area contributed by atoms with E-state index >= 15 is 0 Å². The normalized spacial score (nSPS) is 14.9. The Morgan fingerprint density at radius 2 is 1.57 bits per heavy atom. The number of carbonyl (C=O) groups excluding carboxylic acids is 4. The molecular weight excluding hydrogens is 394 g/mol. The largest absolute Gasteiger partial charge is 0.480 e. The van der Waals surface area contributed by atoms with E-state index in [1.807, 2.05) is 13.8 Å². The monoisotopic (exact) mass is 429 g/mol. The highest BCUT2D eigenvalue weighted by Gasteiger charge is 2.27. The van der Waals surface area contributed by atoms with E-state index in [1.54, 1.807) is 13.8 Å². The number of carboxylic acid groups (broad SMARTS) is 1. The van der Waals surface area contributed by atoms with Crippen molar-refractivity contribution >= 4 is 29.6 Å². The van der Waals surface area contributed by atoms with Crippen LogP contribution in [0.25, 0.3) is 0 Å². The Hall–Kier alpha value is -2.69. The van der Waals surface area contributed by atoms with Crippen molar-refractivity contribution in [3.05, 3.63) is 0 Å². The molecule has 11 nitrogen and oxygen atoms in total. The minimum Gasteiger partial charge on any atom is -0.480 e. The van der Waals surface area contributed by atoms with Gasteiger partial charge >= 0.3 is 5.97 Å². The predicted octanol–water partition coefficient (Wildman–Crippen LogP) is -1.16. The Kier molecular flexibility index (Phi) is 12.3. The summed E-state index contributed by atoms with van der Waals surface area (Å²) in [5.74, 6) is -3.87. The summed E-state index contributed by atoms with van der Waals surface area (Å²) in [4.78, 5) is 59.1. The Morgan fingerprint density at radius 1 is 0.967 bits per heavy atom. The lowest BCUT2D eigenvalue weighted by Crippen LogP contribution is -2.54. The van der Waals surface area contributed by atoms with Gasteiger partial charge in [-0.25, -0.2) is 4.79 Å². The van der Waals surface area contributed by atoms with E-state index in [4.69, 9.17) is 11.5 Å². The quantitative estimate of drug-likeness (QED) is 0.200. The summed E-state index contributed by atoms with van der Waals surface area (Å²) in [5, 5.41) is 16.4. The van der Waals surface area contributed by atoms with Crippen molar-refractivity contribution in [2.24, 2.45) is 23.3 Å². The summed E-state index contributed by atoms with van der Waals surface area (Å²) in [7, 11) is 0. The Labute approximate surface area is 176 Å². The fourth-order valence-corrected chi connectivity index (χ4v) is 2.56. The molecule has 0 heterocycles. The highest BCUT2D eigenvalue weighted by molar-refractivity contribution is 5.92. The first-order chi connectivity index (χ1) is 13.9. The van der Waals surface area contributed by atoms with Crippen molar-refractivity contribution in [2.45, 2.75) is 71.5 Å². The van der Waals surface area contributed by atoms with Gasteiger partial charge in [0.15, 0.2) is 0 Å². The SMILES string of the molecule is CCC(C)C(N)C(=O)NCC(=O)NC(CCC(N)=O)C(=O)NC(CC(C)C)C(=O)O. The molecule has 0 aliphatic carbocycles. The van der Waals surface area contributed by atoms with E-state index in [0.29, 0.717) is 6.42 Å². The van der Waals surface area contributed by atoms with Crippen LogP contribution in [-0.2, 0) is 24.0 Å². The zero-order valence-corrected chi connectivity index (χ0v) is 18.1. The van der Waals surface area contributed by atoms with Gasteiger partial charge in [-0.1, -0.05) is 34.1 Å². The molecule has 0 rings (SSSR count). The molecule has 4 atom stereocenters. The first kappa shape index (κ1) is 27.3. The van der Waals surface area contributed by atoms with Gasteiger partial charge in [-0.2, -0.15) is 0 Å². The van der Waals surface area contributed by atoms with Crippen LogP contribution in [0.4, 0.5) is 0 Å². The second-order valence-corrected chi connectivity index (χ2v) is 7.78. The van der Waals surface area contributed by atoms with Crippen LogP contribution in [-0.4, -0.2) is 59.4 Å². The van der Waals surface area contributed by atoms with Crippen LogP contribution < -0.4 is 27.4 Å². The van der Waals surface area contributed by atoms with Crippen LogP contribution in [0.1, 0.15) is 53.4 Å². The van der Waals surface area contributed by atoms with Crippen molar-refractivity contribution in [1.82, 2.24) is 16.0 Å². The number of carbonyl (C=O) groups is 5. The maximum atomic E-state index is 12.5. The highest BCUT2D eigenvalue weighted by atomic mass is 16.4. The van der Waals surface area contributed by atoms with E-state index in [9.17, 15) is 29.1 Å². The second-order valence-electron chi connectivity index (χ2n) is 7.78. The van der Waals surface area contributed by atoms with Gasteiger partial charge in [0.05, 0.1) is 12.6 Å². The van der Waals surface area contributed by atoms with Gasteiger partial charge in [0.1, 0.15) is 12.1 Å². The van der Waals surface area contributed by atoms with Crippen molar-refractivity contribution in [1.29, 1.82) is 0 Å². The number of nitrogens with one attached hydrogen (secondary N) is 3. The van der Waals surface area contributed by atoms with Gasteiger partial charge in [0, 0.05) is 6.42 Å². The summed E-state index contributed by atoms with van der Waals surface area (Å²) < 4.78 is 0. The van der Waals surface area contributed by atoms with Crippen LogP contribution in [0.3, 0.4) is 0 Å². The van der Waals surface area contributed by atoms with E-state index in [1.165, 1.54) is 0 Å². The third-order valence-electron chi connectivity index (χ3n) is 4.64. The number of amides is 4. The Bertz CT molecular complexity index is 625. The number of nitrogens with two attached hydrogens (primary N) is 2. The first-order valence-corrected chi connectivity index (χ1v) is 10.0. The van der Waals surface area contributed by atoms with Crippen molar-refractivity contribution < 1.29 is 29.1 Å². The van der Waals surface area contributed by atoms with Gasteiger partial charge < -0.3 is 32.5 Å². The molecule has 0 bridgehead atoms. The Morgan fingerprint density at radius 3 is 2.03 bits per heavy atom. The molecule has 0 fully saturated rings. The predicted molar refractivity (Wildman–Crippen MR) is 110 cm³/mol. The molecule has 0 saturated carbocycles. The average Bonchev–Trinajstić information content (AvgIpc) is 2.66. The van der Waals surface area contributed by atoms with Gasteiger partial charge in [0.2, 0.25) is 23.6 Å². The molecule has 0 radical (unpaired) electrons. The molecule has 0 aromatic heterocycles. The standard InChI is InChI=1S/C19H35N5O6/c1-5-11(4)16(21)18(28)22-9-15(26)23-12(6-7-14(20)25)17(27)24-13(19(29)30)8-10(2)3/h10-13,16H,5-9,21H2,1-4H3,(H2,20,25)(H,22,28)(H,23,26)(H,24,27)(H,29,30). The zero-order chi connectivity index (χ0) is 23.4. The number of hydrogen-bond donors (Lipinski definition) is 6. The highest BCUT2D eigenvalue weighted by Crippen LogP contribution is 2.07. The van der Waals surface area contributed by atoms with Crippen molar-refractivity contribution in [2.75, 3.05) is 6.54 Å². The third kappa shape index (κ3) is 10.7. The minimum absolute atomic E-state index is 0.00925. The number of rotatable bonds is 14.